The molecular weight excluding hydrogens is 229 g/mol. The lowest BCUT2D eigenvalue weighted by Gasteiger charge is -1.94. The van der Waals surface area contributed by atoms with Gasteiger partial charge in [-0.2, -0.15) is 5.10 Å². The van der Waals surface area contributed by atoms with Gasteiger partial charge >= 0.3 is 0 Å². The van der Waals surface area contributed by atoms with Gasteiger partial charge in [-0.3, -0.25) is 0 Å². The van der Waals surface area contributed by atoms with Gasteiger partial charge in [0.15, 0.2) is 5.65 Å². The van der Waals surface area contributed by atoms with Crippen LogP contribution in [0.15, 0.2) is 23.1 Å². The number of nitrogens with zero attached hydrogens (tertiary/aromatic N) is 3. The number of fused-ring (bicyclic) bond motifs is 1. The third kappa shape index (κ3) is 1.12. The van der Waals surface area contributed by atoms with E-state index in [4.69, 9.17) is 11.6 Å². The van der Waals surface area contributed by atoms with Gasteiger partial charge in [0, 0.05) is 10.7 Å². The molecule has 56 valence electrons. The molecular formula is C6H3BrClN3. The van der Waals surface area contributed by atoms with E-state index in [-0.39, 0.29) is 0 Å². The van der Waals surface area contributed by atoms with E-state index in [1.54, 1.807) is 16.8 Å². The van der Waals surface area contributed by atoms with Crippen molar-refractivity contribution >= 4 is 33.2 Å². The number of rotatable bonds is 0. The van der Waals surface area contributed by atoms with E-state index in [1.165, 1.54) is 6.33 Å². The van der Waals surface area contributed by atoms with Crippen molar-refractivity contribution < 1.29 is 0 Å². The highest BCUT2D eigenvalue weighted by atomic mass is 79.9. The minimum absolute atomic E-state index is 0.594. The molecule has 2 heterocycles. The molecule has 0 aliphatic rings. The van der Waals surface area contributed by atoms with Crippen molar-refractivity contribution in [3.05, 3.63) is 28.1 Å². The second-order valence-electron chi connectivity index (χ2n) is 2.03. The predicted molar refractivity (Wildman–Crippen MR) is 45.7 cm³/mol. The molecule has 11 heavy (non-hydrogen) atoms. The minimum Gasteiger partial charge on any atom is -0.218 e. The third-order valence-corrected chi connectivity index (χ3v) is 2.01. The molecule has 5 heteroatoms. The monoisotopic (exact) mass is 231 g/mol. The molecule has 0 fully saturated rings. The Morgan fingerprint density at radius 1 is 1.55 bits per heavy atom. The molecule has 0 saturated heterocycles. The smallest absolute Gasteiger partial charge is 0.173 e. The second kappa shape index (κ2) is 2.46. The van der Waals surface area contributed by atoms with Crippen LogP contribution in [0.1, 0.15) is 0 Å². The summed E-state index contributed by atoms with van der Waals surface area (Å²) in [4.78, 5) is 3.96. The van der Waals surface area contributed by atoms with E-state index in [9.17, 15) is 0 Å². The van der Waals surface area contributed by atoms with Crippen LogP contribution in [0.2, 0.25) is 5.02 Å². The Hall–Kier alpha value is -0.610. The summed E-state index contributed by atoms with van der Waals surface area (Å²) < 4.78 is 2.51. The highest BCUT2D eigenvalue weighted by molar-refractivity contribution is 9.10. The predicted octanol–water partition coefficient (Wildman–Crippen LogP) is 2.15. The average molecular weight is 232 g/mol. The molecule has 0 radical (unpaired) electrons. The Bertz CT molecular complexity index is 398. The van der Waals surface area contributed by atoms with E-state index >= 15 is 0 Å². The lowest BCUT2D eigenvalue weighted by atomic mass is 10.5. The highest BCUT2D eigenvalue weighted by Gasteiger charge is 2.01. The fourth-order valence-corrected chi connectivity index (χ4v) is 1.66. The number of aromatic nitrogens is 3. The topological polar surface area (TPSA) is 30.2 Å². The van der Waals surface area contributed by atoms with Gasteiger partial charge in [-0.25, -0.2) is 9.50 Å². The standard InChI is InChI=1S/C6H3BrClN3/c7-4-1-5(8)6-9-3-10-11(6)2-4/h1-3H. The molecule has 0 saturated carbocycles. The van der Waals surface area contributed by atoms with Crippen LogP contribution in [0.3, 0.4) is 0 Å². The van der Waals surface area contributed by atoms with Gasteiger partial charge in [0.2, 0.25) is 0 Å². The van der Waals surface area contributed by atoms with Gasteiger partial charge in [0.05, 0.1) is 5.02 Å². The highest BCUT2D eigenvalue weighted by Crippen LogP contribution is 2.19. The molecule has 0 aromatic carbocycles. The Kier molecular flexibility index (Phi) is 1.58. The molecule has 2 aromatic heterocycles. The fraction of sp³-hybridized carbons (Fsp3) is 0. The van der Waals surface area contributed by atoms with Crippen LogP contribution in [0.5, 0.6) is 0 Å². The second-order valence-corrected chi connectivity index (χ2v) is 3.36. The lowest BCUT2D eigenvalue weighted by molar-refractivity contribution is 0.956. The molecule has 0 amide bonds. The van der Waals surface area contributed by atoms with Crippen LogP contribution >= 0.6 is 27.5 Å². The molecule has 0 atom stereocenters. The van der Waals surface area contributed by atoms with Crippen molar-refractivity contribution in [2.24, 2.45) is 0 Å². The van der Waals surface area contributed by atoms with Crippen molar-refractivity contribution in [3.8, 4) is 0 Å². The Labute approximate surface area is 76.1 Å². The van der Waals surface area contributed by atoms with Crippen molar-refractivity contribution in [2.45, 2.75) is 0 Å². The van der Waals surface area contributed by atoms with E-state index in [1.807, 2.05) is 0 Å². The number of hydrogen-bond donors (Lipinski definition) is 0. The van der Waals surface area contributed by atoms with E-state index in [0.717, 1.165) is 4.47 Å². The molecule has 2 rings (SSSR count). The lowest BCUT2D eigenvalue weighted by Crippen LogP contribution is -1.86. The normalized spacial score (nSPS) is 10.7. The quantitative estimate of drug-likeness (QED) is 0.697. The van der Waals surface area contributed by atoms with Crippen molar-refractivity contribution in [2.75, 3.05) is 0 Å². The van der Waals surface area contributed by atoms with Crippen LogP contribution in [0, 0.1) is 0 Å². The summed E-state index contributed by atoms with van der Waals surface area (Å²) in [5.41, 5.74) is 0.676. The first-order chi connectivity index (χ1) is 5.27. The van der Waals surface area contributed by atoms with Gasteiger partial charge in [-0.15, -0.1) is 0 Å². The summed E-state index contributed by atoms with van der Waals surface area (Å²) in [6, 6.07) is 1.78. The summed E-state index contributed by atoms with van der Waals surface area (Å²) in [7, 11) is 0. The van der Waals surface area contributed by atoms with E-state index < -0.39 is 0 Å². The molecule has 2 aromatic rings. The third-order valence-electron chi connectivity index (χ3n) is 1.30. The zero-order valence-corrected chi connectivity index (χ0v) is 7.67. The summed E-state index contributed by atoms with van der Waals surface area (Å²) in [5.74, 6) is 0. The van der Waals surface area contributed by atoms with Gasteiger partial charge in [-0.05, 0) is 22.0 Å². The first kappa shape index (κ1) is 7.06. The van der Waals surface area contributed by atoms with Gasteiger partial charge in [0.1, 0.15) is 6.33 Å². The first-order valence-corrected chi connectivity index (χ1v) is 4.09. The fourth-order valence-electron chi connectivity index (χ4n) is 0.855. The maximum Gasteiger partial charge on any atom is 0.173 e. The average Bonchev–Trinajstić information content (AvgIpc) is 2.34. The minimum atomic E-state index is 0.594. The van der Waals surface area contributed by atoms with Gasteiger partial charge < -0.3 is 0 Å². The van der Waals surface area contributed by atoms with Crippen molar-refractivity contribution in [3.63, 3.8) is 0 Å². The Morgan fingerprint density at radius 2 is 2.36 bits per heavy atom. The zero-order chi connectivity index (χ0) is 7.84. The molecule has 0 bridgehead atoms. The molecule has 0 aliphatic carbocycles. The van der Waals surface area contributed by atoms with Crippen LogP contribution in [-0.2, 0) is 0 Å². The molecule has 0 spiro atoms. The largest absolute Gasteiger partial charge is 0.218 e. The number of pyridine rings is 1. The molecule has 0 N–H and O–H groups in total. The Morgan fingerprint density at radius 3 is 3.18 bits per heavy atom. The molecule has 0 aliphatic heterocycles. The Balaban J connectivity index is 2.91. The van der Waals surface area contributed by atoms with Crippen LogP contribution < -0.4 is 0 Å². The zero-order valence-electron chi connectivity index (χ0n) is 5.33. The van der Waals surface area contributed by atoms with Gasteiger partial charge in [0.25, 0.3) is 0 Å². The van der Waals surface area contributed by atoms with E-state index in [0.29, 0.717) is 10.7 Å². The van der Waals surface area contributed by atoms with Crippen LogP contribution in [0.25, 0.3) is 5.65 Å². The summed E-state index contributed by atoms with van der Waals surface area (Å²) in [5, 5.41) is 4.53. The van der Waals surface area contributed by atoms with Crippen LogP contribution in [0.4, 0.5) is 0 Å². The van der Waals surface area contributed by atoms with E-state index in [2.05, 4.69) is 26.0 Å². The summed E-state index contributed by atoms with van der Waals surface area (Å²) >= 11 is 9.15. The number of hydrogen-bond acceptors (Lipinski definition) is 2. The van der Waals surface area contributed by atoms with Gasteiger partial charge in [-0.1, -0.05) is 11.6 Å². The SMILES string of the molecule is Clc1cc(Br)cn2ncnc12. The van der Waals surface area contributed by atoms with Crippen molar-refractivity contribution in [1.29, 1.82) is 0 Å². The molecule has 3 nitrogen and oxygen atoms in total. The first-order valence-electron chi connectivity index (χ1n) is 2.92. The number of halogens is 2. The van der Waals surface area contributed by atoms with Crippen LogP contribution in [-0.4, -0.2) is 14.6 Å². The van der Waals surface area contributed by atoms with Crippen molar-refractivity contribution in [1.82, 2.24) is 14.6 Å². The summed E-state index contributed by atoms with van der Waals surface area (Å²) in [6.45, 7) is 0. The maximum atomic E-state index is 5.85. The molecule has 0 unspecified atom stereocenters. The maximum absolute atomic E-state index is 5.85. The summed E-state index contributed by atoms with van der Waals surface area (Å²) in [6.07, 6.45) is 3.27.